The zero-order valence-electron chi connectivity index (χ0n) is 11.2. The minimum Gasteiger partial charge on any atom is -0.459 e. The van der Waals surface area contributed by atoms with Gasteiger partial charge in [0, 0.05) is 15.4 Å². The highest BCUT2D eigenvalue weighted by Gasteiger charge is 2.22. The van der Waals surface area contributed by atoms with Gasteiger partial charge in [-0.05, 0) is 41.2 Å². The van der Waals surface area contributed by atoms with Gasteiger partial charge in [0.2, 0.25) is 0 Å². The maximum absolute atomic E-state index is 14.4. The fourth-order valence-electron chi connectivity index (χ4n) is 2.36. The second-order valence-corrected chi connectivity index (χ2v) is 5.91. The molecule has 5 heteroatoms. The number of benzene rings is 2. The average Bonchev–Trinajstić information content (AvgIpc) is 2.91. The summed E-state index contributed by atoms with van der Waals surface area (Å²) in [5, 5.41) is 4.13. The molecule has 0 aliphatic rings. The first kappa shape index (κ1) is 14.6. The predicted octanol–water partition coefficient (Wildman–Crippen LogP) is 5.30. The molecule has 1 unspecified atom stereocenters. The molecule has 108 valence electrons. The summed E-state index contributed by atoms with van der Waals surface area (Å²) in [6.45, 7) is 0. The van der Waals surface area contributed by atoms with E-state index in [1.54, 1.807) is 19.2 Å². The smallest absolute Gasteiger partial charge is 0.148 e. The molecule has 3 rings (SSSR count). The van der Waals surface area contributed by atoms with Crippen molar-refractivity contribution in [2.24, 2.45) is 0 Å². The summed E-state index contributed by atoms with van der Waals surface area (Å²) in [5.41, 5.74) is 1.22. The summed E-state index contributed by atoms with van der Waals surface area (Å²) in [5.74, 6) is 0.196. The predicted molar refractivity (Wildman–Crippen MR) is 86.2 cm³/mol. The lowest BCUT2D eigenvalue weighted by Crippen LogP contribution is -2.18. The van der Waals surface area contributed by atoms with Gasteiger partial charge in [-0.3, -0.25) is 0 Å². The molecule has 2 nitrogen and oxygen atoms in total. The Morgan fingerprint density at radius 1 is 1.24 bits per heavy atom. The second-order valence-electron chi connectivity index (χ2n) is 4.67. The molecule has 1 heterocycles. The quantitative estimate of drug-likeness (QED) is 0.635. The third kappa shape index (κ3) is 2.59. The first-order chi connectivity index (χ1) is 10.1. The Bertz CT molecular complexity index is 769. The van der Waals surface area contributed by atoms with Gasteiger partial charge >= 0.3 is 0 Å². The fourth-order valence-corrected chi connectivity index (χ4v) is 2.84. The van der Waals surface area contributed by atoms with Gasteiger partial charge in [0.15, 0.2) is 0 Å². The summed E-state index contributed by atoms with van der Waals surface area (Å²) in [6, 6.07) is 12.6. The van der Waals surface area contributed by atoms with Crippen LogP contribution in [-0.4, -0.2) is 7.05 Å². The summed E-state index contributed by atoms with van der Waals surface area (Å²) in [7, 11) is 1.76. The monoisotopic (exact) mass is 367 g/mol. The van der Waals surface area contributed by atoms with Gasteiger partial charge in [-0.2, -0.15) is 0 Å². The fraction of sp³-hybridized carbons (Fsp3) is 0.125. The van der Waals surface area contributed by atoms with E-state index in [9.17, 15) is 4.39 Å². The highest BCUT2D eigenvalue weighted by Crippen LogP contribution is 2.34. The number of furan rings is 1. The molecule has 1 aromatic heterocycles. The van der Waals surface area contributed by atoms with E-state index in [0.29, 0.717) is 15.8 Å². The van der Waals surface area contributed by atoms with Crippen LogP contribution in [0.4, 0.5) is 4.39 Å². The van der Waals surface area contributed by atoms with Crippen LogP contribution in [0.25, 0.3) is 11.0 Å². The van der Waals surface area contributed by atoms with Crippen LogP contribution in [-0.2, 0) is 0 Å². The molecule has 1 atom stereocenters. The topological polar surface area (TPSA) is 25.2 Å². The van der Waals surface area contributed by atoms with E-state index in [0.717, 1.165) is 11.0 Å². The van der Waals surface area contributed by atoms with E-state index in [2.05, 4.69) is 21.2 Å². The van der Waals surface area contributed by atoms with Gasteiger partial charge in [-0.15, -0.1) is 0 Å². The molecule has 0 saturated heterocycles. The number of para-hydroxylation sites is 1. The summed E-state index contributed by atoms with van der Waals surface area (Å²) in [4.78, 5) is 0. The summed E-state index contributed by atoms with van der Waals surface area (Å²) in [6.07, 6.45) is 0. The lowest BCUT2D eigenvalue weighted by Gasteiger charge is -2.16. The van der Waals surface area contributed by atoms with Crippen LogP contribution in [0.3, 0.4) is 0 Å². The number of hydrogen-bond acceptors (Lipinski definition) is 2. The van der Waals surface area contributed by atoms with Crippen LogP contribution in [0.1, 0.15) is 17.4 Å². The highest BCUT2D eigenvalue weighted by atomic mass is 79.9. The molecule has 0 saturated carbocycles. The van der Waals surface area contributed by atoms with E-state index in [4.69, 9.17) is 16.0 Å². The lowest BCUT2D eigenvalue weighted by molar-refractivity contribution is 0.476. The van der Waals surface area contributed by atoms with Gasteiger partial charge in [0.05, 0.1) is 11.1 Å². The molecule has 0 aliphatic heterocycles. The summed E-state index contributed by atoms with van der Waals surface area (Å²) < 4.78 is 20.7. The minimum absolute atomic E-state index is 0.0730. The minimum atomic E-state index is -0.453. The van der Waals surface area contributed by atoms with Crippen LogP contribution in [0.2, 0.25) is 5.02 Å². The zero-order valence-corrected chi connectivity index (χ0v) is 13.5. The molecule has 1 N–H and O–H groups in total. The molecule has 2 aromatic carbocycles. The zero-order chi connectivity index (χ0) is 15.0. The Labute approximate surface area is 135 Å². The lowest BCUT2D eigenvalue weighted by atomic mass is 10.0. The van der Waals surface area contributed by atoms with Crippen molar-refractivity contribution in [3.05, 3.63) is 69.1 Å². The number of rotatable bonds is 3. The standard InChI is InChI=1S/C16H12BrClFNO/c1-20-16(10-6-7-11(17)14(18)15(10)19)13-8-9-4-2-3-5-12(9)21-13/h2-8,16,20H,1H3. The maximum atomic E-state index is 14.4. The SMILES string of the molecule is CNC(c1cc2ccccc2o1)c1ccc(Br)c(Cl)c1F. The first-order valence-corrected chi connectivity index (χ1v) is 7.58. The molecule has 21 heavy (non-hydrogen) atoms. The average molecular weight is 369 g/mol. The number of nitrogens with one attached hydrogen (secondary N) is 1. The number of hydrogen-bond donors (Lipinski definition) is 1. The Kier molecular flexibility index (Phi) is 4.02. The van der Waals surface area contributed by atoms with Crippen molar-refractivity contribution >= 4 is 38.5 Å². The van der Waals surface area contributed by atoms with Gasteiger partial charge in [0.25, 0.3) is 0 Å². The molecular formula is C16H12BrClFNO. The van der Waals surface area contributed by atoms with E-state index in [1.165, 1.54) is 0 Å². The molecule has 0 fully saturated rings. The van der Waals surface area contributed by atoms with E-state index in [-0.39, 0.29) is 5.02 Å². The highest BCUT2D eigenvalue weighted by molar-refractivity contribution is 9.10. The van der Waals surface area contributed by atoms with Gasteiger partial charge in [-0.1, -0.05) is 35.9 Å². The Morgan fingerprint density at radius 3 is 2.71 bits per heavy atom. The molecule has 0 aliphatic carbocycles. The van der Waals surface area contributed by atoms with Crippen molar-refractivity contribution in [2.45, 2.75) is 6.04 Å². The van der Waals surface area contributed by atoms with Crippen LogP contribution >= 0.6 is 27.5 Å². The van der Waals surface area contributed by atoms with Gasteiger partial charge in [0.1, 0.15) is 17.2 Å². The molecule has 0 radical (unpaired) electrons. The molecular weight excluding hydrogens is 357 g/mol. The van der Waals surface area contributed by atoms with Crippen LogP contribution in [0, 0.1) is 5.82 Å². The molecule has 3 aromatic rings. The third-order valence-electron chi connectivity index (χ3n) is 3.39. The maximum Gasteiger partial charge on any atom is 0.148 e. The Hall–Kier alpha value is -1.36. The van der Waals surface area contributed by atoms with Crippen molar-refractivity contribution in [3.63, 3.8) is 0 Å². The molecule has 0 spiro atoms. The summed E-state index contributed by atoms with van der Waals surface area (Å²) >= 11 is 9.19. The number of halogens is 3. The van der Waals surface area contributed by atoms with E-state index in [1.807, 2.05) is 30.3 Å². The van der Waals surface area contributed by atoms with E-state index >= 15 is 0 Å². The van der Waals surface area contributed by atoms with Gasteiger partial charge < -0.3 is 9.73 Å². The Morgan fingerprint density at radius 2 is 2.00 bits per heavy atom. The normalized spacial score (nSPS) is 12.8. The van der Waals surface area contributed by atoms with Crippen LogP contribution in [0.5, 0.6) is 0 Å². The third-order valence-corrected chi connectivity index (χ3v) is 4.65. The van der Waals surface area contributed by atoms with Crippen molar-refractivity contribution in [1.29, 1.82) is 0 Å². The van der Waals surface area contributed by atoms with E-state index < -0.39 is 11.9 Å². The van der Waals surface area contributed by atoms with Crippen molar-refractivity contribution in [1.82, 2.24) is 5.32 Å². The van der Waals surface area contributed by atoms with Crippen molar-refractivity contribution < 1.29 is 8.81 Å². The van der Waals surface area contributed by atoms with Gasteiger partial charge in [-0.25, -0.2) is 4.39 Å². The Balaban J connectivity index is 2.12. The largest absolute Gasteiger partial charge is 0.459 e. The molecule has 0 amide bonds. The first-order valence-electron chi connectivity index (χ1n) is 6.41. The van der Waals surface area contributed by atoms with Crippen molar-refractivity contribution in [2.75, 3.05) is 7.05 Å². The molecule has 0 bridgehead atoms. The van der Waals surface area contributed by atoms with Crippen LogP contribution < -0.4 is 5.32 Å². The number of fused-ring (bicyclic) bond motifs is 1. The van der Waals surface area contributed by atoms with Crippen molar-refractivity contribution in [3.8, 4) is 0 Å². The second kappa shape index (κ2) is 5.79. The van der Waals surface area contributed by atoms with Crippen LogP contribution in [0.15, 0.2) is 51.4 Å².